The minimum atomic E-state index is -0.394. The average molecular weight is 765 g/mol. The van der Waals surface area contributed by atoms with Gasteiger partial charge >= 0.3 is 5.97 Å². The molecule has 0 bridgehead atoms. The van der Waals surface area contributed by atoms with Gasteiger partial charge in [-0.05, 0) is 121 Å². The summed E-state index contributed by atoms with van der Waals surface area (Å²) in [5.74, 6) is 1.32. The molecule has 0 atom stereocenters. The molecule has 2 heterocycles. The first-order valence-electron chi connectivity index (χ1n) is 18.7. The standard InChI is InChI=1S/C44H50BrN3O4/c1-52-44(51)37-16-14-34(15-17-37)30-48(42(49)28-35-8-4-13-41(45)27-35)31-36-9-3-10-38(26-36)39-11-5-12-40(29-39)43(50)47-24-20-33(21-25-47)7-2-6-32-18-22-46-23-19-32/h3-5,8-17,26-27,29,32-33,46H,2,6-7,18-25,28,30-31H2,1H3. The van der Waals surface area contributed by atoms with Crippen molar-refractivity contribution in [3.8, 4) is 11.1 Å². The molecular weight excluding hydrogens is 714 g/mol. The second kappa shape index (κ2) is 18.5. The molecule has 0 saturated carbocycles. The van der Waals surface area contributed by atoms with Gasteiger partial charge in [0.2, 0.25) is 5.91 Å². The fraction of sp³-hybridized carbons (Fsp3) is 0.386. The Balaban J connectivity index is 1.10. The molecule has 2 aliphatic heterocycles. The molecule has 2 fully saturated rings. The van der Waals surface area contributed by atoms with E-state index in [2.05, 4.69) is 33.4 Å². The van der Waals surface area contributed by atoms with Gasteiger partial charge in [0.1, 0.15) is 0 Å². The number of amides is 2. The topological polar surface area (TPSA) is 79.0 Å². The number of nitrogens with one attached hydrogen (secondary N) is 1. The molecule has 8 heteroatoms. The molecule has 52 heavy (non-hydrogen) atoms. The highest BCUT2D eigenvalue weighted by atomic mass is 79.9. The molecular formula is C44H50BrN3O4. The normalized spacial score (nSPS) is 15.3. The van der Waals surface area contributed by atoms with Crippen LogP contribution < -0.4 is 5.32 Å². The lowest BCUT2D eigenvalue weighted by Crippen LogP contribution is -2.38. The summed E-state index contributed by atoms with van der Waals surface area (Å²) in [6, 6.07) is 31.2. The van der Waals surface area contributed by atoms with Crippen LogP contribution in [0.3, 0.4) is 0 Å². The fourth-order valence-corrected chi connectivity index (χ4v) is 8.07. The number of rotatable bonds is 13. The smallest absolute Gasteiger partial charge is 0.337 e. The molecule has 272 valence electrons. The molecule has 0 spiro atoms. The zero-order valence-corrected chi connectivity index (χ0v) is 31.8. The van der Waals surface area contributed by atoms with E-state index in [1.807, 2.05) is 82.6 Å². The van der Waals surface area contributed by atoms with Crippen molar-refractivity contribution in [3.05, 3.63) is 129 Å². The fourth-order valence-electron chi connectivity index (χ4n) is 7.62. The van der Waals surface area contributed by atoms with E-state index in [1.54, 1.807) is 12.1 Å². The minimum absolute atomic E-state index is 0.00122. The van der Waals surface area contributed by atoms with Crippen LogP contribution in [-0.2, 0) is 29.0 Å². The Morgan fingerprint density at radius 1 is 0.731 bits per heavy atom. The molecule has 0 unspecified atom stereocenters. The van der Waals surface area contributed by atoms with Crippen LogP contribution in [0.1, 0.15) is 82.4 Å². The lowest BCUT2D eigenvalue weighted by molar-refractivity contribution is -0.131. The lowest BCUT2D eigenvalue weighted by Gasteiger charge is -2.32. The molecule has 7 nitrogen and oxygen atoms in total. The van der Waals surface area contributed by atoms with Crippen molar-refractivity contribution < 1.29 is 19.1 Å². The zero-order valence-electron chi connectivity index (χ0n) is 30.2. The third-order valence-corrected chi connectivity index (χ3v) is 11.2. The average Bonchev–Trinajstić information content (AvgIpc) is 3.18. The summed E-state index contributed by atoms with van der Waals surface area (Å²) >= 11 is 3.52. The van der Waals surface area contributed by atoms with E-state index in [-0.39, 0.29) is 18.2 Å². The van der Waals surface area contributed by atoms with Gasteiger partial charge in [-0.1, -0.05) is 89.8 Å². The van der Waals surface area contributed by atoms with Crippen molar-refractivity contribution in [1.29, 1.82) is 0 Å². The van der Waals surface area contributed by atoms with E-state index >= 15 is 0 Å². The van der Waals surface area contributed by atoms with Crippen LogP contribution in [0.2, 0.25) is 0 Å². The molecule has 1 N–H and O–H groups in total. The van der Waals surface area contributed by atoms with Crippen molar-refractivity contribution in [2.45, 2.75) is 64.5 Å². The largest absolute Gasteiger partial charge is 0.465 e. The molecule has 2 aliphatic rings. The number of piperidine rings is 2. The SMILES string of the molecule is COC(=O)c1ccc(CN(Cc2cccc(-c3cccc(C(=O)N4CCC(CCCC5CCNCC5)CC4)c3)c2)C(=O)Cc2cccc(Br)c2)cc1. The third kappa shape index (κ3) is 10.4. The third-order valence-electron chi connectivity index (χ3n) is 10.7. The molecule has 0 aliphatic carbocycles. The van der Waals surface area contributed by atoms with Crippen LogP contribution in [0.5, 0.6) is 0 Å². The number of hydrogen-bond acceptors (Lipinski definition) is 5. The first-order valence-corrected chi connectivity index (χ1v) is 19.5. The monoisotopic (exact) mass is 763 g/mol. The highest BCUT2D eigenvalue weighted by molar-refractivity contribution is 9.10. The van der Waals surface area contributed by atoms with Gasteiger partial charge in [0.25, 0.3) is 5.91 Å². The number of likely N-dealkylation sites (tertiary alicyclic amines) is 1. The summed E-state index contributed by atoms with van der Waals surface area (Å²) in [5.41, 5.74) is 6.00. The van der Waals surface area contributed by atoms with Gasteiger partial charge < -0.3 is 19.9 Å². The Morgan fingerprint density at radius 2 is 1.37 bits per heavy atom. The van der Waals surface area contributed by atoms with Gasteiger partial charge in [-0.2, -0.15) is 0 Å². The Kier molecular flexibility index (Phi) is 13.3. The van der Waals surface area contributed by atoms with E-state index in [0.29, 0.717) is 24.2 Å². The highest BCUT2D eigenvalue weighted by Crippen LogP contribution is 2.28. The van der Waals surface area contributed by atoms with Crippen LogP contribution in [-0.4, -0.2) is 60.9 Å². The molecule has 6 rings (SSSR count). The van der Waals surface area contributed by atoms with Crippen molar-refractivity contribution >= 4 is 33.7 Å². The molecule has 4 aromatic rings. The maximum absolute atomic E-state index is 13.8. The van der Waals surface area contributed by atoms with Crippen LogP contribution in [0, 0.1) is 11.8 Å². The van der Waals surface area contributed by atoms with E-state index in [4.69, 9.17) is 4.74 Å². The number of carbonyl (C=O) groups excluding carboxylic acids is 3. The predicted octanol–water partition coefficient (Wildman–Crippen LogP) is 8.70. The highest BCUT2D eigenvalue weighted by Gasteiger charge is 2.24. The second-order valence-electron chi connectivity index (χ2n) is 14.4. The van der Waals surface area contributed by atoms with Crippen molar-refractivity contribution in [3.63, 3.8) is 0 Å². The van der Waals surface area contributed by atoms with Crippen molar-refractivity contribution in [2.75, 3.05) is 33.3 Å². The molecule has 0 aromatic heterocycles. The van der Waals surface area contributed by atoms with Crippen LogP contribution in [0.4, 0.5) is 0 Å². The van der Waals surface area contributed by atoms with Gasteiger partial charge in [-0.15, -0.1) is 0 Å². The van der Waals surface area contributed by atoms with E-state index in [9.17, 15) is 14.4 Å². The van der Waals surface area contributed by atoms with Crippen LogP contribution in [0.25, 0.3) is 11.1 Å². The minimum Gasteiger partial charge on any atom is -0.465 e. The summed E-state index contributed by atoms with van der Waals surface area (Å²) < 4.78 is 5.78. The molecule has 2 saturated heterocycles. The first-order chi connectivity index (χ1) is 25.3. The number of halogens is 1. The van der Waals surface area contributed by atoms with Crippen molar-refractivity contribution in [1.82, 2.24) is 15.1 Å². The number of nitrogens with zero attached hydrogens (tertiary/aromatic N) is 2. The van der Waals surface area contributed by atoms with E-state index in [0.717, 1.165) is 70.1 Å². The van der Waals surface area contributed by atoms with Gasteiger partial charge in [0, 0.05) is 36.2 Å². The Labute approximate surface area is 316 Å². The maximum atomic E-state index is 13.8. The molecule has 4 aromatic carbocycles. The zero-order chi connectivity index (χ0) is 36.3. The van der Waals surface area contributed by atoms with Crippen molar-refractivity contribution in [2.24, 2.45) is 11.8 Å². The van der Waals surface area contributed by atoms with Crippen LogP contribution in [0.15, 0.2) is 102 Å². The number of esters is 1. The van der Waals surface area contributed by atoms with Gasteiger partial charge in [-0.25, -0.2) is 4.79 Å². The number of carbonyl (C=O) groups is 3. The van der Waals surface area contributed by atoms with Crippen LogP contribution >= 0.6 is 15.9 Å². The summed E-state index contributed by atoms with van der Waals surface area (Å²) in [4.78, 5) is 43.3. The number of benzene rings is 4. The number of hydrogen-bond donors (Lipinski definition) is 1. The Hall–Kier alpha value is -4.27. The van der Waals surface area contributed by atoms with Gasteiger partial charge in [-0.3, -0.25) is 9.59 Å². The number of methoxy groups -OCH3 is 1. The van der Waals surface area contributed by atoms with E-state index in [1.165, 1.54) is 52.3 Å². The second-order valence-corrected chi connectivity index (χ2v) is 15.3. The Morgan fingerprint density at radius 3 is 2.08 bits per heavy atom. The summed E-state index contributed by atoms with van der Waals surface area (Å²) in [6.45, 7) is 4.78. The maximum Gasteiger partial charge on any atom is 0.337 e. The van der Waals surface area contributed by atoms with Gasteiger partial charge in [0.05, 0.1) is 19.1 Å². The first kappa shape index (κ1) is 37.5. The predicted molar refractivity (Wildman–Crippen MR) is 210 cm³/mol. The Bertz CT molecular complexity index is 1810. The summed E-state index contributed by atoms with van der Waals surface area (Å²) in [7, 11) is 1.36. The summed E-state index contributed by atoms with van der Waals surface area (Å²) in [6.07, 6.45) is 9.02. The lowest BCUT2D eigenvalue weighted by atomic mass is 9.87. The molecule has 2 amide bonds. The van der Waals surface area contributed by atoms with Gasteiger partial charge in [0.15, 0.2) is 0 Å². The summed E-state index contributed by atoms with van der Waals surface area (Å²) in [5, 5.41) is 3.47. The molecule has 0 radical (unpaired) electrons. The van der Waals surface area contributed by atoms with E-state index < -0.39 is 5.97 Å². The number of ether oxygens (including phenoxy) is 1. The quantitative estimate of drug-likeness (QED) is 0.138.